The average molecular weight is 291 g/mol. The highest BCUT2D eigenvalue weighted by Crippen LogP contribution is 2.11. The van der Waals surface area contributed by atoms with Crippen LogP contribution in [0.25, 0.3) is 0 Å². The van der Waals surface area contributed by atoms with Crippen LogP contribution in [0, 0.1) is 5.92 Å². The lowest BCUT2D eigenvalue weighted by molar-refractivity contribution is -0.146. The molecule has 21 heavy (non-hydrogen) atoms. The summed E-state index contributed by atoms with van der Waals surface area (Å²) in [5.74, 6) is -0.515. The molecule has 1 aromatic carbocycles. The molecule has 1 rings (SSSR count). The molecule has 0 N–H and O–H groups in total. The van der Waals surface area contributed by atoms with E-state index in [0.29, 0.717) is 13.0 Å². The van der Waals surface area contributed by atoms with Gasteiger partial charge in [-0.05, 0) is 25.8 Å². The van der Waals surface area contributed by atoms with E-state index in [1.165, 1.54) is 7.11 Å². The summed E-state index contributed by atoms with van der Waals surface area (Å²) in [6, 6.07) is 10.0. The zero-order valence-corrected chi connectivity index (χ0v) is 13.3. The molecule has 4 nitrogen and oxygen atoms in total. The Hall–Kier alpha value is -1.84. The third-order valence-corrected chi connectivity index (χ3v) is 3.49. The molecule has 1 aromatic rings. The molecule has 0 fully saturated rings. The van der Waals surface area contributed by atoms with Gasteiger partial charge in [0.1, 0.15) is 0 Å². The normalized spacial score (nSPS) is 12.0. The molecular formula is C17H25NO3. The highest BCUT2D eigenvalue weighted by molar-refractivity contribution is 5.78. The third-order valence-electron chi connectivity index (χ3n) is 3.49. The summed E-state index contributed by atoms with van der Waals surface area (Å²) in [6.45, 7) is 6.11. The van der Waals surface area contributed by atoms with Crippen LogP contribution in [0.1, 0.15) is 32.8 Å². The maximum absolute atomic E-state index is 12.4. The fourth-order valence-electron chi connectivity index (χ4n) is 2.21. The Morgan fingerprint density at radius 1 is 1.14 bits per heavy atom. The van der Waals surface area contributed by atoms with Crippen LogP contribution in [0.15, 0.2) is 30.3 Å². The van der Waals surface area contributed by atoms with E-state index < -0.39 is 0 Å². The molecule has 1 atom stereocenters. The van der Waals surface area contributed by atoms with Gasteiger partial charge in [0.05, 0.1) is 13.0 Å². The number of hydrogen-bond donors (Lipinski definition) is 0. The van der Waals surface area contributed by atoms with Crippen LogP contribution in [0.4, 0.5) is 0 Å². The number of esters is 1. The van der Waals surface area contributed by atoms with Gasteiger partial charge in [-0.25, -0.2) is 0 Å². The van der Waals surface area contributed by atoms with Gasteiger partial charge in [-0.3, -0.25) is 9.59 Å². The Balaban J connectivity index is 2.59. The van der Waals surface area contributed by atoms with Gasteiger partial charge in [-0.2, -0.15) is 0 Å². The Morgan fingerprint density at radius 2 is 1.76 bits per heavy atom. The van der Waals surface area contributed by atoms with Gasteiger partial charge < -0.3 is 9.64 Å². The van der Waals surface area contributed by atoms with Crippen LogP contribution in [-0.4, -0.2) is 36.5 Å². The van der Waals surface area contributed by atoms with Gasteiger partial charge in [-0.1, -0.05) is 37.3 Å². The van der Waals surface area contributed by atoms with E-state index in [0.717, 1.165) is 12.0 Å². The van der Waals surface area contributed by atoms with Crippen molar-refractivity contribution in [2.45, 2.75) is 39.7 Å². The molecule has 0 heterocycles. The summed E-state index contributed by atoms with van der Waals surface area (Å²) in [6.07, 6.45) is 1.17. The molecule has 0 aliphatic carbocycles. The van der Waals surface area contributed by atoms with E-state index in [1.807, 2.05) is 44.2 Å². The molecule has 0 aromatic heterocycles. The van der Waals surface area contributed by atoms with E-state index in [1.54, 1.807) is 11.8 Å². The largest absolute Gasteiger partial charge is 0.469 e. The van der Waals surface area contributed by atoms with Gasteiger partial charge in [-0.15, -0.1) is 0 Å². The summed E-state index contributed by atoms with van der Waals surface area (Å²) in [7, 11) is 1.37. The number of nitrogens with zero attached hydrogens (tertiary/aromatic N) is 1. The summed E-state index contributed by atoms with van der Waals surface area (Å²) in [5, 5.41) is 0. The molecule has 4 heteroatoms. The number of amides is 1. The lowest BCUT2D eigenvalue weighted by Crippen LogP contribution is -2.41. The van der Waals surface area contributed by atoms with Crippen molar-refractivity contribution in [2.24, 2.45) is 5.92 Å². The van der Waals surface area contributed by atoms with Crippen LogP contribution in [0.3, 0.4) is 0 Å². The van der Waals surface area contributed by atoms with Crippen molar-refractivity contribution in [3.63, 3.8) is 0 Å². The average Bonchev–Trinajstić information content (AvgIpc) is 2.49. The van der Waals surface area contributed by atoms with Crippen LogP contribution < -0.4 is 0 Å². The Morgan fingerprint density at radius 3 is 2.29 bits per heavy atom. The van der Waals surface area contributed by atoms with Gasteiger partial charge in [0, 0.05) is 19.0 Å². The Bertz CT molecular complexity index is 456. The number of carbonyl (C=O) groups excluding carboxylic acids is 2. The molecule has 1 unspecified atom stereocenters. The monoisotopic (exact) mass is 291 g/mol. The van der Waals surface area contributed by atoms with Crippen molar-refractivity contribution >= 4 is 11.9 Å². The first kappa shape index (κ1) is 17.2. The highest BCUT2D eigenvalue weighted by Gasteiger charge is 2.23. The lowest BCUT2D eigenvalue weighted by Gasteiger charge is -2.29. The molecule has 0 radical (unpaired) electrons. The number of aryl methyl sites for hydroxylation is 1. The predicted octanol–water partition coefficient (Wildman–Crippen LogP) is 2.67. The molecule has 0 spiro atoms. The van der Waals surface area contributed by atoms with E-state index in [2.05, 4.69) is 0 Å². The first-order chi connectivity index (χ1) is 9.95. The highest BCUT2D eigenvalue weighted by atomic mass is 16.5. The molecule has 0 saturated carbocycles. The van der Waals surface area contributed by atoms with Gasteiger partial charge in [0.15, 0.2) is 0 Å². The Labute approximate surface area is 127 Å². The summed E-state index contributed by atoms with van der Waals surface area (Å²) in [5.41, 5.74) is 1.15. The van der Waals surface area contributed by atoms with Crippen molar-refractivity contribution in [2.75, 3.05) is 13.7 Å². The van der Waals surface area contributed by atoms with E-state index in [9.17, 15) is 9.59 Å². The number of benzene rings is 1. The fourth-order valence-corrected chi connectivity index (χ4v) is 2.21. The predicted molar refractivity (Wildman–Crippen MR) is 82.8 cm³/mol. The first-order valence-corrected chi connectivity index (χ1v) is 7.37. The Kier molecular flexibility index (Phi) is 6.92. The second-order valence-electron chi connectivity index (χ2n) is 5.55. The minimum absolute atomic E-state index is 0.0698. The standard InChI is InChI=1S/C17H25NO3/c1-13(2)18(12-14(3)17(20)21-4)16(19)11-10-15-8-6-5-7-9-15/h5-9,13-14H,10-12H2,1-4H3. The molecule has 0 aliphatic rings. The number of hydrogen-bond acceptors (Lipinski definition) is 3. The third kappa shape index (κ3) is 5.58. The second kappa shape index (κ2) is 8.45. The van der Waals surface area contributed by atoms with E-state index in [4.69, 9.17) is 4.74 Å². The molecule has 0 saturated heterocycles. The minimum Gasteiger partial charge on any atom is -0.469 e. The molecule has 0 bridgehead atoms. The number of methoxy groups -OCH3 is 1. The summed E-state index contributed by atoms with van der Waals surface area (Å²) < 4.78 is 4.72. The number of carbonyl (C=O) groups is 2. The van der Waals surface area contributed by atoms with Crippen molar-refractivity contribution in [3.05, 3.63) is 35.9 Å². The van der Waals surface area contributed by atoms with Crippen LogP contribution in [-0.2, 0) is 20.7 Å². The van der Waals surface area contributed by atoms with Gasteiger partial charge >= 0.3 is 5.97 Å². The number of rotatable bonds is 7. The van der Waals surface area contributed by atoms with Crippen molar-refractivity contribution < 1.29 is 14.3 Å². The van der Waals surface area contributed by atoms with Crippen molar-refractivity contribution in [1.29, 1.82) is 0 Å². The lowest BCUT2D eigenvalue weighted by atomic mass is 10.1. The molecule has 0 aliphatic heterocycles. The minimum atomic E-state index is -0.307. The quantitative estimate of drug-likeness (QED) is 0.726. The smallest absolute Gasteiger partial charge is 0.310 e. The fraction of sp³-hybridized carbons (Fsp3) is 0.529. The van der Waals surface area contributed by atoms with E-state index >= 15 is 0 Å². The number of ether oxygens (including phenoxy) is 1. The topological polar surface area (TPSA) is 46.6 Å². The zero-order valence-electron chi connectivity index (χ0n) is 13.3. The molecule has 116 valence electrons. The summed E-state index contributed by atoms with van der Waals surface area (Å²) in [4.78, 5) is 25.6. The van der Waals surface area contributed by atoms with Crippen molar-refractivity contribution in [3.8, 4) is 0 Å². The van der Waals surface area contributed by atoms with Crippen LogP contribution in [0.2, 0.25) is 0 Å². The zero-order chi connectivity index (χ0) is 15.8. The SMILES string of the molecule is COC(=O)C(C)CN(C(=O)CCc1ccccc1)C(C)C. The molecule has 1 amide bonds. The maximum atomic E-state index is 12.4. The van der Waals surface area contributed by atoms with Crippen LogP contribution in [0.5, 0.6) is 0 Å². The second-order valence-corrected chi connectivity index (χ2v) is 5.55. The van der Waals surface area contributed by atoms with Gasteiger partial charge in [0.2, 0.25) is 5.91 Å². The molecular weight excluding hydrogens is 266 g/mol. The van der Waals surface area contributed by atoms with E-state index in [-0.39, 0.29) is 23.8 Å². The van der Waals surface area contributed by atoms with Gasteiger partial charge in [0.25, 0.3) is 0 Å². The van der Waals surface area contributed by atoms with Crippen LogP contribution >= 0.6 is 0 Å². The van der Waals surface area contributed by atoms with Crippen molar-refractivity contribution in [1.82, 2.24) is 4.90 Å². The summed E-state index contributed by atoms with van der Waals surface area (Å²) >= 11 is 0. The maximum Gasteiger partial charge on any atom is 0.310 e. The first-order valence-electron chi connectivity index (χ1n) is 7.37.